The molecule has 162 valence electrons. The second kappa shape index (κ2) is 12.1. The Morgan fingerprint density at radius 2 is 1.33 bits per heavy atom. The summed E-state index contributed by atoms with van der Waals surface area (Å²) in [6.45, 7) is 8.50. The van der Waals surface area contributed by atoms with E-state index >= 15 is 0 Å². The zero-order valence-electron chi connectivity index (χ0n) is 18.4. The summed E-state index contributed by atoms with van der Waals surface area (Å²) in [4.78, 5) is 25.6. The second-order valence-corrected chi connectivity index (χ2v) is 8.02. The van der Waals surface area contributed by atoms with Gasteiger partial charge in [-0.1, -0.05) is 74.5 Å². The van der Waals surface area contributed by atoms with Gasteiger partial charge in [-0.15, -0.1) is 0 Å². The lowest BCUT2D eigenvalue weighted by Crippen LogP contribution is -2.47. The van der Waals surface area contributed by atoms with Crippen molar-refractivity contribution in [3.05, 3.63) is 71.8 Å². The molecular formula is C25H33NO4. The maximum absolute atomic E-state index is 11.8. The number of benzene rings is 2. The standard InChI is InChI=1S/C25H33NO4/c1-19(2)15-24(25(30-21(4)28)18-29-20(3)27)26(16-22-11-7-5-8-12-22)17-23-13-9-6-10-14-23/h5-14,19,24-25H,15-18H2,1-4H3/t24-,25-/m0/s1. The molecule has 0 unspecified atom stereocenters. The van der Waals surface area contributed by atoms with E-state index < -0.39 is 6.10 Å². The van der Waals surface area contributed by atoms with E-state index in [0.717, 1.165) is 6.42 Å². The van der Waals surface area contributed by atoms with Gasteiger partial charge in [0.2, 0.25) is 0 Å². The van der Waals surface area contributed by atoms with Crippen molar-refractivity contribution in [3.63, 3.8) is 0 Å². The predicted octanol–water partition coefficient (Wildman–Crippen LogP) is 4.60. The van der Waals surface area contributed by atoms with Crippen LogP contribution in [0.3, 0.4) is 0 Å². The molecule has 0 spiro atoms. The lowest BCUT2D eigenvalue weighted by Gasteiger charge is -2.37. The van der Waals surface area contributed by atoms with E-state index in [2.05, 4.69) is 43.0 Å². The summed E-state index contributed by atoms with van der Waals surface area (Å²) in [6, 6.07) is 20.4. The summed E-state index contributed by atoms with van der Waals surface area (Å²) in [5.74, 6) is -0.382. The van der Waals surface area contributed by atoms with Crippen molar-refractivity contribution in [2.45, 2.75) is 59.4 Å². The fraction of sp³-hybridized carbons (Fsp3) is 0.440. The monoisotopic (exact) mass is 411 g/mol. The highest BCUT2D eigenvalue weighted by molar-refractivity contribution is 5.67. The number of carbonyl (C=O) groups is 2. The van der Waals surface area contributed by atoms with Gasteiger partial charge in [0.25, 0.3) is 0 Å². The van der Waals surface area contributed by atoms with Gasteiger partial charge < -0.3 is 9.47 Å². The van der Waals surface area contributed by atoms with Gasteiger partial charge in [-0.25, -0.2) is 0 Å². The fourth-order valence-electron chi connectivity index (χ4n) is 3.58. The van der Waals surface area contributed by atoms with E-state index in [1.807, 2.05) is 36.4 Å². The van der Waals surface area contributed by atoms with Crippen LogP contribution in [0.1, 0.15) is 45.2 Å². The van der Waals surface area contributed by atoms with Crippen molar-refractivity contribution >= 4 is 11.9 Å². The van der Waals surface area contributed by atoms with Crippen LogP contribution in [0.25, 0.3) is 0 Å². The van der Waals surface area contributed by atoms with E-state index in [4.69, 9.17) is 9.47 Å². The quantitative estimate of drug-likeness (QED) is 0.506. The Morgan fingerprint density at radius 3 is 1.73 bits per heavy atom. The van der Waals surface area contributed by atoms with Crippen LogP contribution in [0, 0.1) is 5.92 Å². The van der Waals surface area contributed by atoms with Crippen molar-refractivity contribution in [1.82, 2.24) is 4.90 Å². The van der Waals surface area contributed by atoms with Gasteiger partial charge >= 0.3 is 11.9 Å². The van der Waals surface area contributed by atoms with Gasteiger partial charge in [-0.3, -0.25) is 14.5 Å². The largest absolute Gasteiger partial charge is 0.462 e. The molecule has 2 rings (SSSR count). The molecule has 0 aliphatic rings. The number of hydrogen-bond donors (Lipinski definition) is 0. The van der Waals surface area contributed by atoms with Crippen molar-refractivity contribution in [3.8, 4) is 0 Å². The second-order valence-electron chi connectivity index (χ2n) is 8.02. The van der Waals surface area contributed by atoms with Gasteiger partial charge in [0.1, 0.15) is 6.61 Å². The summed E-state index contributed by atoms with van der Waals surface area (Å²) in [7, 11) is 0. The fourth-order valence-corrected chi connectivity index (χ4v) is 3.58. The Balaban J connectivity index is 2.37. The Kier molecular flexibility index (Phi) is 9.55. The van der Waals surface area contributed by atoms with Crippen LogP contribution in [-0.2, 0) is 32.2 Å². The minimum absolute atomic E-state index is 0.0480. The van der Waals surface area contributed by atoms with Crippen molar-refractivity contribution in [1.29, 1.82) is 0 Å². The summed E-state index contributed by atoms with van der Waals surface area (Å²) in [5, 5.41) is 0. The molecule has 0 heterocycles. The summed E-state index contributed by atoms with van der Waals surface area (Å²) >= 11 is 0. The maximum atomic E-state index is 11.8. The van der Waals surface area contributed by atoms with Gasteiger partial charge in [0, 0.05) is 26.9 Å². The molecule has 0 aliphatic heterocycles. The first-order valence-electron chi connectivity index (χ1n) is 10.5. The number of esters is 2. The minimum Gasteiger partial charge on any atom is -0.462 e. The third-order valence-electron chi connectivity index (χ3n) is 4.84. The molecule has 0 fully saturated rings. The SMILES string of the molecule is CC(=O)OC[C@H](OC(C)=O)[C@H](CC(C)C)N(Cc1ccccc1)Cc1ccccc1. The molecule has 0 aliphatic carbocycles. The van der Waals surface area contributed by atoms with Gasteiger partial charge in [0.05, 0.1) is 6.04 Å². The van der Waals surface area contributed by atoms with Crippen LogP contribution in [0.4, 0.5) is 0 Å². The Labute approximate surface area is 180 Å². The third-order valence-corrected chi connectivity index (χ3v) is 4.84. The molecule has 2 aromatic rings. The van der Waals surface area contributed by atoms with Crippen LogP contribution in [0.15, 0.2) is 60.7 Å². The molecule has 5 heteroatoms. The first kappa shape index (κ1) is 23.6. The molecule has 0 amide bonds. The predicted molar refractivity (Wildman–Crippen MR) is 118 cm³/mol. The molecule has 30 heavy (non-hydrogen) atoms. The van der Waals surface area contributed by atoms with Gasteiger partial charge in [0.15, 0.2) is 6.10 Å². The number of carbonyl (C=O) groups excluding carboxylic acids is 2. The third kappa shape index (κ3) is 8.37. The van der Waals surface area contributed by atoms with E-state index in [1.165, 1.54) is 25.0 Å². The average molecular weight is 412 g/mol. The minimum atomic E-state index is -0.541. The van der Waals surface area contributed by atoms with Crippen LogP contribution in [0.2, 0.25) is 0 Å². The van der Waals surface area contributed by atoms with E-state index in [9.17, 15) is 9.59 Å². The lowest BCUT2D eigenvalue weighted by atomic mass is 9.96. The normalized spacial score (nSPS) is 13.1. The number of ether oxygens (including phenoxy) is 2. The molecule has 0 saturated carbocycles. The van der Waals surface area contributed by atoms with Crippen LogP contribution in [-0.4, -0.2) is 35.6 Å². The maximum Gasteiger partial charge on any atom is 0.303 e. The first-order chi connectivity index (χ1) is 14.3. The molecule has 0 bridgehead atoms. The number of rotatable bonds is 11. The molecule has 0 N–H and O–H groups in total. The highest BCUT2D eigenvalue weighted by Gasteiger charge is 2.32. The van der Waals surface area contributed by atoms with Crippen LogP contribution < -0.4 is 0 Å². The van der Waals surface area contributed by atoms with Crippen LogP contribution >= 0.6 is 0 Å². The summed E-state index contributed by atoms with van der Waals surface area (Å²) in [6.07, 6.45) is 0.264. The number of nitrogens with zero attached hydrogens (tertiary/aromatic N) is 1. The molecule has 0 aromatic heterocycles. The van der Waals surface area contributed by atoms with Crippen molar-refractivity contribution < 1.29 is 19.1 Å². The Bertz CT molecular complexity index is 735. The molecule has 2 atom stereocenters. The molecular weight excluding hydrogens is 378 g/mol. The highest BCUT2D eigenvalue weighted by Crippen LogP contribution is 2.23. The Morgan fingerprint density at radius 1 is 0.833 bits per heavy atom. The van der Waals surface area contributed by atoms with Crippen LogP contribution in [0.5, 0.6) is 0 Å². The van der Waals surface area contributed by atoms with Crippen molar-refractivity contribution in [2.75, 3.05) is 6.61 Å². The lowest BCUT2D eigenvalue weighted by molar-refractivity contribution is -0.161. The van der Waals surface area contributed by atoms with E-state index in [1.54, 1.807) is 0 Å². The van der Waals surface area contributed by atoms with E-state index in [0.29, 0.717) is 19.0 Å². The van der Waals surface area contributed by atoms with Gasteiger partial charge in [-0.2, -0.15) is 0 Å². The molecule has 0 saturated heterocycles. The van der Waals surface area contributed by atoms with Crippen molar-refractivity contribution in [2.24, 2.45) is 5.92 Å². The zero-order chi connectivity index (χ0) is 21.9. The Hall–Kier alpha value is -2.66. The summed E-state index contributed by atoms with van der Waals surface area (Å²) < 4.78 is 10.9. The zero-order valence-corrected chi connectivity index (χ0v) is 18.4. The average Bonchev–Trinajstić information content (AvgIpc) is 2.70. The summed E-state index contributed by atoms with van der Waals surface area (Å²) in [5.41, 5.74) is 2.35. The number of hydrogen-bond acceptors (Lipinski definition) is 5. The smallest absolute Gasteiger partial charge is 0.303 e. The molecule has 0 radical (unpaired) electrons. The molecule has 2 aromatic carbocycles. The van der Waals surface area contributed by atoms with E-state index in [-0.39, 0.29) is 24.6 Å². The first-order valence-corrected chi connectivity index (χ1v) is 10.5. The topological polar surface area (TPSA) is 55.8 Å². The molecule has 5 nitrogen and oxygen atoms in total. The van der Waals surface area contributed by atoms with Gasteiger partial charge in [-0.05, 0) is 23.5 Å². The highest BCUT2D eigenvalue weighted by atomic mass is 16.6.